The van der Waals surface area contributed by atoms with E-state index in [-0.39, 0.29) is 33.5 Å². The molecule has 2 saturated heterocycles. The molecule has 0 spiro atoms. The molecule has 2 aromatic heterocycles. The SMILES string of the molecule is CC1(C)CCC(CN2CCN(c3ccc(C(=O)NS(=O)(=O)c4ccc(NC[C@@H]5CCCCO5)c([N+](=O)[O-])c4)c(Oc4cnc5[nH]ccc5c4)c3)CC2)=C(c2ccc(C(F)(F)F)cc2Cl)C1. The number of nitrogens with one attached hydrogen (secondary N) is 3. The van der Waals surface area contributed by atoms with Crippen molar-refractivity contribution in [2.24, 2.45) is 5.41 Å². The number of benzene rings is 3. The number of hydrogen-bond donors (Lipinski definition) is 3. The van der Waals surface area contributed by atoms with Crippen molar-refractivity contribution in [3.8, 4) is 11.5 Å². The largest absolute Gasteiger partial charge is 0.455 e. The molecule has 3 N–H and O–H groups in total. The van der Waals surface area contributed by atoms with E-state index in [1.165, 1.54) is 30.5 Å². The van der Waals surface area contributed by atoms with Crippen LogP contribution < -0.4 is 19.7 Å². The van der Waals surface area contributed by atoms with Crippen molar-refractivity contribution in [3.63, 3.8) is 0 Å². The molecule has 4 heterocycles. The van der Waals surface area contributed by atoms with E-state index in [1.54, 1.807) is 30.5 Å². The number of allylic oxidation sites excluding steroid dienone is 1. The maximum Gasteiger partial charge on any atom is 0.416 e. The third-order valence-corrected chi connectivity index (χ3v) is 13.9. The van der Waals surface area contributed by atoms with Crippen LogP contribution in [0.5, 0.6) is 11.5 Å². The number of H-pyrrole nitrogens is 1. The number of carbonyl (C=O) groups is 1. The number of aromatic amines is 1. The van der Waals surface area contributed by atoms with Crippen LogP contribution in [0.25, 0.3) is 16.6 Å². The third kappa shape index (κ3) is 10.7. The number of hydrogen-bond acceptors (Lipinski definition) is 11. The fraction of sp³-hybridized carbons (Fsp3) is 0.391. The summed E-state index contributed by atoms with van der Waals surface area (Å²) in [6.45, 7) is 8.33. The Balaban J connectivity index is 1.01. The summed E-state index contributed by atoms with van der Waals surface area (Å²) in [7, 11) is -4.62. The average Bonchev–Trinajstić information content (AvgIpc) is 3.74. The summed E-state index contributed by atoms with van der Waals surface area (Å²) >= 11 is 6.53. The number of nitro benzene ring substituents is 1. The lowest BCUT2D eigenvalue weighted by atomic mass is 9.72. The molecular formula is C46H49ClF3N7O7S. The van der Waals surface area contributed by atoms with Crippen molar-refractivity contribution in [1.29, 1.82) is 0 Å². The van der Waals surface area contributed by atoms with Gasteiger partial charge in [-0.15, -0.1) is 0 Å². The molecule has 0 radical (unpaired) electrons. The van der Waals surface area contributed by atoms with Crippen LogP contribution in [0.15, 0.2) is 89.6 Å². The molecule has 1 aliphatic carbocycles. The monoisotopic (exact) mass is 935 g/mol. The summed E-state index contributed by atoms with van der Waals surface area (Å²) in [5.41, 5.74) is 2.81. The van der Waals surface area contributed by atoms with Gasteiger partial charge in [0.15, 0.2) is 0 Å². The highest BCUT2D eigenvalue weighted by atomic mass is 35.5. The first kappa shape index (κ1) is 45.9. The van der Waals surface area contributed by atoms with Crippen LogP contribution >= 0.6 is 11.6 Å². The molecule has 65 heavy (non-hydrogen) atoms. The summed E-state index contributed by atoms with van der Waals surface area (Å²) in [4.78, 5) is 36.7. The molecular weight excluding hydrogens is 887 g/mol. The number of aromatic nitrogens is 2. The minimum Gasteiger partial charge on any atom is -0.455 e. The number of amides is 1. The minimum absolute atomic E-state index is 0.0475. The summed E-state index contributed by atoms with van der Waals surface area (Å²) in [6, 6.07) is 15.4. The lowest BCUT2D eigenvalue weighted by Gasteiger charge is -2.39. The van der Waals surface area contributed by atoms with Crippen LogP contribution in [0.4, 0.5) is 30.2 Å². The Bertz CT molecular complexity index is 2750. The molecule has 19 heteroatoms. The summed E-state index contributed by atoms with van der Waals surface area (Å²) < 4.78 is 81.8. The van der Waals surface area contributed by atoms with Gasteiger partial charge in [-0.1, -0.05) is 37.1 Å². The first-order valence-corrected chi connectivity index (χ1v) is 23.3. The Kier molecular flexibility index (Phi) is 13.2. The molecule has 2 fully saturated rings. The number of fused-ring (bicyclic) bond motifs is 1. The van der Waals surface area contributed by atoms with Gasteiger partial charge in [-0.2, -0.15) is 13.2 Å². The van der Waals surface area contributed by atoms with Gasteiger partial charge in [0.1, 0.15) is 22.8 Å². The second kappa shape index (κ2) is 18.7. The van der Waals surface area contributed by atoms with Crippen LogP contribution in [-0.2, 0) is 20.9 Å². The molecule has 0 unspecified atom stereocenters. The minimum atomic E-state index is -4.62. The van der Waals surface area contributed by atoms with E-state index < -0.39 is 43.2 Å². The van der Waals surface area contributed by atoms with E-state index in [1.807, 2.05) is 0 Å². The smallest absolute Gasteiger partial charge is 0.416 e. The van der Waals surface area contributed by atoms with Crippen molar-refractivity contribution < 1.29 is 40.8 Å². The van der Waals surface area contributed by atoms with Crippen LogP contribution in [0, 0.1) is 15.5 Å². The average molecular weight is 936 g/mol. The zero-order valence-electron chi connectivity index (χ0n) is 35.8. The standard InChI is InChI=1S/C46H49ClF3N7O7S/c1-45(2)14-12-30(38(25-45)36-9-6-31(22-39(36)47)46(48,49)50)28-55-16-18-56(19-17-55)32-7-10-37(42(23-32)64-34-21-29-13-15-51-43(29)53-27-34)44(58)54-65(61,62)35-8-11-40(41(24-35)57(59)60)52-26-33-5-3-4-20-63-33/h6-11,13,15,21-24,27,33,52H,3-5,12,14,16-20,25-26,28H2,1-2H3,(H,51,53)(H,54,58)/t33-/m0/s1. The quantitative estimate of drug-likeness (QED) is 0.0758. The number of rotatable bonds is 13. The molecule has 2 aliphatic heterocycles. The summed E-state index contributed by atoms with van der Waals surface area (Å²) in [5, 5.41) is 15.9. The maximum atomic E-state index is 13.9. The van der Waals surface area contributed by atoms with Gasteiger partial charge in [0.25, 0.3) is 21.6 Å². The van der Waals surface area contributed by atoms with Crippen LogP contribution in [-0.4, -0.2) is 86.1 Å². The molecule has 8 rings (SSSR count). The normalized spacial score (nSPS) is 18.4. The maximum absolute atomic E-state index is 13.9. The molecule has 344 valence electrons. The van der Waals surface area contributed by atoms with E-state index in [9.17, 15) is 36.5 Å². The molecule has 1 atom stereocenters. The fourth-order valence-corrected chi connectivity index (χ4v) is 9.93. The van der Waals surface area contributed by atoms with Crippen molar-refractivity contribution in [1.82, 2.24) is 19.6 Å². The number of ether oxygens (including phenoxy) is 2. The van der Waals surface area contributed by atoms with Gasteiger partial charge in [0.2, 0.25) is 0 Å². The lowest BCUT2D eigenvalue weighted by molar-refractivity contribution is -0.384. The highest BCUT2D eigenvalue weighted by Gasteiger charge is 2.34. The van der Waals surface area contributed by atoms with Crippen LogP contribution in [0.1, 0.15) is 73.9 Å². The molecule has 0 saturated carbocycles. The van der Waals surface area contributed by atoms with Crippen molar-refractivity contribution in [2.75, 3.05) is 56.1 Å². The Morgan fingerprint density at radius 2 is 1.86 bits per heavy atom. The Labute approximate surface area is 379 Å². The van der Waals surface area contributed by atoms with Gasteiger partial charge in [-0.25, -0.2) is 18.1 Å². The van der Waals surface area contributed by atoms with Gasteiger partial charge < -0.3 is 24.7 Å². The molecule has 3 aliphatic rings. The number of anilines is 2. The second-order valence-corrected chi connectivity index (χ2v) is 19.6. The van der Waals surface area contributed by atoms with Crippen LogP contribution in [0.3, 0.4) is 0 Å². The molecule has 14 nitrogen and oxygen atoms in total. The number of piperazine rings is 1. The van der Waals surface area contributed by atoms with E-state index in [4.69, 9.17) is 21.1 Å². The molecule has 0 bridgehead atoms. The summed E-state index contributed by atoms with van der Waals surface area (Å²) in [6.07, 6.45) is 3.71. The van der Waals surface area contributed by atoms with Crippen molar-refractivity contribution in [2.45, 2.75) is 69.5 Å². The van der Waals surface area contributed by atoms with E-state index >= 15 is 0 Å². The zero-order chi connectivity index (χ0) is 46.1. The molecule has 5 aromatic rings. The predicted molar refractivity (Wildman–Crippen MR) is 242 cm³/mol. The fourth-order valence-electron chi connectivity index (χ4n) is 8.65. The zero-order valence-corrected chi connectivity index (χ0v) is 37.4. The number of alkyl halides is 3. The number of nitro groups is 1. The number of pyridine rings is 1. The number of carbonyl (C=O) groups excluding carboxylic acids is 1. The second-order valence-electron chi connectivity index (χ2n) is 17.5. The first-order valence-electron chi connectivity index (χ1n) is 21.4. The van der Waals surface area contributed by atoms with Crippen LogP contribution in [0.2, 0.25) is 5.02 Å². The Hall–Kier alpha value is -5.69. The van der Waals surface area contributed by atoms with Gasteiger partial charge in [0.05, 0.1) is 33.2 Å². The Morgan fingerprint density at radius 1 is 1.06 bits per heavy atom. The van der Waals surface area contributed by atoms with Gasteiger partial charge >= 0.3 is 6.18 Å². The Morgan fingerprint density at radius 3 is 2.58 bits per heavy atom. The summed E-state index contributed by atoms with van der Waals surface area (Å²) in [5.74, 6) is -0.668. The van der Waals surface area contributed by atoms with Crippen molar-refractivity contribution >= 4 is 61.2 Å². The number of nitrogens with zero attached hydrogens (tertiary/aromatic N) is 4. The van der Waals surface area contributed by atoms with E-state index in [0.29, 0.717) is 74.9 Å². The lowest BCUT2D eigenvalue weighted by Crippen LogP contribution is -2.47. The van der Waals surface area contributed by atoms with Crippen molar-refractivity contribution in [3.05, 3.63) is 117 Å². The third-order valence-electron chi connectivity index (χ3n) is 12.3. The number of halogens is 4. The highest BCUT2D eigenvalue weighted by Crippen LogP contribution is 2.46. The predicted octanol–water partition coefficient (Wildman–Crippen LogP) is 9.82. The highest BCUT2D eigenvalue weighted by molar-refractivity contribution is 7.90. The van der Waals surface area contributed by atoms with Gasteiger partial charge in [-0.05, 0) is 104 Å². The molecule has 1 amide bonds. The topological polar surface area (TPSA) is 172 Å². The van der Waals surface area contributed by atoms with E-state index in [2.05, 4.69) is 43.7 Å². The number of sulfonamides is 1. The molecule has 3 aromatic carbocycles. The first-order chi connectivity index (χ1) is 30.9. The van der Waals surface area contributed by atoms with Gasteiger partial charge in [0, 0.05) is 80.3 Å². The van der Waals surface area contributed by atoms with Gasteiger partial charge in [-0.3, -0.25) is 19.8 Å². The van der Waals surface area contributed by atoms with E-state index in [0.717, 1.165) is 66.8 Å².